The summed E-state index contributed by atoms with van der Waals surface area (Å²) in [7, 11) is 0. The summed E-state index contributed by atoms with van der Waals surface area (Å²) in [5, 5.41) is 11.2. The van der Waals surface area contributed by atoms with Gasteiger partial charge in [-0.3, -0.25) is 0 Å². The van der Waals surface area contributed by atoms with Crippen molar-refractivity contribution in [2.24, 2.45) is 0 Å². The number of rotatable bonds is 4. The summed E-state index contributed by atoms with van der Waals surface area (Å²) in [6.07, 6.45) is -0.817. The maximum atomic E-state index is 10.6. The number of ether oxygens (including phenoxy) is 1. The summed E-state index contributed by atoms with van der Waals surface area (Å²) in [4.78, 5) is 0. The third-order valence-electron chi connectivity index (χ3n) is 2.82. The summed E-state index contributed by atoms with van der Waals surface area (Å²) < 4.78 is 7.26. The standard InChI is InChI=1S/C15H13Br2ClO2/c1-2-20-14-6-3-9(16)7-12(14)15(19)11-8-10(18)4-5-13(11)17/h3-8,15,19H,2H2,1H3. The van der Waals surface area contributed by atoms with Crippen LogP contribution in [-0.4, -0.2) is 11.7 Å². The van der Waals surface area contributed by atoms with Gasteiger partial charge in [0.1, 0.15) is 11.9 Å². The first-order valence-corrected chi connectivity index (χ1v) is 8.04. The Balaban J connectivity index is 2.49. The van der Waals surface area contributed by atoms with Crippen LogP contribution in [0, 0.1) is 0 Å². The highest BCUT2D eigenvalue weighted by Gasteiger charge is 2.19. The molecule has 106 valence electrons. The highest BCUT2D eigenvalue weighted by molar-refractivity contribution is 9.10. The first-order valence-electron chi connectivity index (χ1n) is 6.08. The molecule has 0 aliphatic heterocycles. The van der Waals surface area contributed by atoms with Crippen LogP contribution in [0.1, 0.15) is 24.2 Å². The third-order valence-corrected chi connectivity index (χ3v) is 4.27. The first kappa shape index (κ1) is 15.8. The maximum absolute atomic E-state index is 10.6. The number of hydrogen-bond acceptors (Lipinski definition) is 2. The number of hydrogen-bond donors (Lipinski definition) is 1. The van der Waals surface area contributed by atoms with Gasteiger partial charge in [0, 0.05) is 25.1 Å². The predicted molar refractivity (Wildman–Crippen MR) is 88.5 cm³/mol. The Morgan fingerprint density at radius 1 is 1.15 bits per heavy atom. The molecule has 1 unspecified atom stereocenters. The van der Waals surface area contributed by atoms with Crippen molar-refractivity contribution in [3.63, 3.8) is 0 Å². The molecular weight excluding hydrogens is 407 g/mol. The van der Waals surface area contributed by atoms with Gasteiger partial charge in [-0.25, -0.2) is 0 Å². The van der Waals surface area contributed by atoms with E-state index in [0.29, 0.717) is 28.5 Å². The molecule has 5 heteroatoms. The third kappa shape index (κ3) is 3.55. The van der Waals surface area contributed by atoms with E-state index in [9.17, 15) is 5.11 Å². The van der Waals surface area contributed by atoms with E-state index in [2.05, 4.69) is 31.9 Å². The first-order chi connectivity index (χ1) is 9.52. The summed E-state index contributed by atoms with van der Waals surface area (Å²) in [6, 6.07) is 10.9. The molecule has 20 heavy (non-hydrogen) atoms. The van der Waals surface area contributed by atoms with Gasteiger partial charge in [-0.05, 0) is 43.3 Å². The average Bonchev–Trinajstić information content (AvgIpc) is 2.43. The van der Waals surface area contributed by atoms with Crippen LogP contribution in [0.15, 0.2) is 45.3 Å². The molecule has 2 rings (SSSR count). The van der Waals surface area contributed by atoms with Crippen molar-refractivity contribution in [1.29, 1.82) is 0 Å². The quantitative estimate of drug-likeness (QED) is 0.723. The highest BCUT2D eigenvalue weighted by Crippen LogP contribution is 2.36. The second-order valence-electron chi connectivity index (χ2n) is 4.18. The number of halogens is 3. The Morgan fingerprint density at radius 3 is 2.60 bits per heavy atom. The predicted octanol–water partition coefficient (Wildman–Crippen LogP) is 5.35. The zero-order valence-electron chi connectivity index (χ0n) is 10.7. The van der Waals surface area contributed by atoms with E-state index >= 15 is 0 Å². The van der Waals surface area contributed by atoms with Crippen LogP contribution in [0.3, 0.4) is 0 Å². The van der Waals surface area contributed by atoms with Crippen molar-refractivity contribution in [1.82, 2.24) is 0 Å². The molecule has 1 N–H and O–H groups in total. The summed E-state index contributed by atoms with van der Waals surface area (Å²) in [5.74, 6) is 0.662. The van der Waals surface area contributed by atoms with Crippen molar-refractivity contribution in [2.45, 2.75) is 13.0 Å². The van der Waals surface area contributed by atoms with Crippen molar-refractivity contribution >= 4 is 43.5 Å². The molecule has 0 saturated carbocycles. The van der Waals surface area contributed by atoms with E-state index in [-0.39, 0.29) is 0 Å². The van der Waals surface area contributed by atoms with Crippen molar-refractivity contribution < 1.29 is 9.84 Å². The van der Waals surface area contributed by atoms with Crippen molar-refractivity contribution in [3.8, 4) is 5.75 Å². The lowest BCUT2D eigenvalue weighted by atomic mass is 10.0. The van der Waals surface area contributed by atoms with E-state index in [1.807, 2.05) is 31.2 Å². The zero-order chi connectivity index (χ0) is 14.7. The minimum absolute atomic E-state index is 0.540. The highest BCUT2D eigenvalue weighted by atomic mass is 79.9. The summed E-state index contributed by atoms with van der Waals surface area (Å²) in [5.41, 5.74) is 1.40. The van der Waals surface area contributed by atoms with Gasteiger partial charge in [0.15, 0.2) is 0 Å². The Morgan fingerprint density at radius 2 is 1.90 bits per heavy atom. The normalized spacial score (nSPS) is 12.2. The van der Waals surface area contributed by atoms with Gasteiger partial charge in [0.25, 0.3) is 0 Å². The molecule has 2 aromatic carbocycles. The monoisotopic (exact) mass is 418 g/mol. The fraction of sp³-hybridized carbons (Fsp3) is 0.200. The van der Waals surface area contributed by atoms with Gasteiger partial charge in [0.2, 0.25) is 0 Å². The van der Waals surface area contributed by atoms with Crippen LogP contribution in [0.25, 0.3) is 0 Å². The molecule has 0 saturated heterocycles. The summed E-state index contributed by atoms with van der Waals surface area (Å²) >= 11 is 12.9. The van der Waals surface area contributed by atoms with E-state index in [1.165, 1.54) is 0 Å². The van der Waals surface area contributed by atoms with E-state index in [4.69, 9.17) is 16.3 Å². The lowest BCUT2D eigenvalue weighted by Gasteiger charge is -2.18. The smallest absolute Gasteiger partial charge is 0.125 e. The average molecular weight is 421 g/mol. The number of benzene rings is 2. The van der Waals surface area contributed by atoms with Crippen LogP contribution in [0.5, 0.6) is 5.75 Å². The van der Waals surface area contributed by atoms with Crippen molar-refractivity contribution in [3.05, 3.63) is 61.5 Å². The molecule has 0 aliphatic rings. The van der Waals surface area contributed by atoms with Crippen LogP contribution in [-0.2, 0) is 0 Å². The fourth-order valence-corrected chi connectivity index (χ4v) is 2.93. The zero-order valence-corrected chi connectivity index (χ0v) is 14.7. The molecule has 2 nitrogen and oxygen atoms in total. The molecule has 0 fully saturated rings. The maximum Gasteiger partial charge on any atom is 0.125 e. The largest absolute Gasteiger partial charge is 0.493 e. The van der Waals surface area contributed by atoms with Crippen molar-refractivity contribution in [2.75, 3.05) is 6.61 Å². The molecule has 0 radical (unpaired) electrons. The second-order valence-corrected chi connectivity index (χ2v) is 6.39. The van der Waals surface area contributed by atoms with E-state index < -0.39 is 6.10 Å². The van der Waals surface area contributed by atoms with Gasteiger partial charge in [0.05, 0.1) is 6.61 Å². The van der Waals surface area contributed by atoms with Crippen LogP contribution < -0.4 is 4.74 Å². The minimum Gasteiger partial charge on any atom is -0.493 e. The van der Waals surface area contributed by atoms with E-state index in [0.717, 1.165) is 8.95 Å². The molecule has 0 aromatic heterocycles. The van der Waals surface area contributed by atoms with Gasteiger partial charge in [-0.15, -0.1) is 0 Å². The Kier molecular flexibility index (Phi) is 5.49. The molecule has 2 aromatic rings. The SMILES string of the molecule is CCOc1ccc(Br)cc1C(O)c1cc(Cl)ccc1Br. The molecule has 0 amide bonds. The lowest BCUT2D eigenvalue weighted by molar-refractivity contribution is 0.211. The molecular formula is C15H13Br2ClO2. The number of aliphatic hydroxyl groups is 1. The van der Waals surface area contributed by atoms with Crippen LogP contribution >= 0.6 is 43.5 Å². The lowest BCUT2D eigenvalue weighted by Crippen LogP contribution is -2.05. The molecule has 1 atom stereocenters. The van der Waals surface area contributed by atoms with Gasteiger partial charge in [-0.1, -0.05) is 43.5 Å². The second kappa shape index (κ2) is 6.94. The molecule has 0 aliphatic carbocycles. The molecule has 0 spiro atoms. The Hall–Kier alpha value is -0.550. The molecule has 0 bridgehead atoms. The summed E-state index contributed by atoms with van der Waals surface area (Å²) in [6.45, 7) is 2.45. The Bertz CT molecular complexity index is 617. The van der Waals surface area contributed by atoms with Gasteiger partial charge >= 0.3 is 0 Å². The fourth-order valence-electron chi connectivity index (χ4n) is 1.91. The Labute approximate surface area is 140 Å². The molecule has 0 heterocycles. The van der Waals surface area contributed by atoms with Gasteiger partial charge < -0.3 is 9.84 Å². The topological polar surface area (TPSA) is 29.5 Å². The van der Waals surface area contributed by atoms with Crippen LogP contribution in [0.2, 0.25) is 5.02 Å². The van der Waals surface area contributed by atoms with Gasteiger partial charge in [-0.2, -0.15) is 0 Å². The number of aliphatic hydroxyl groups excluding tert-OH is 1. The minimum atomic E-state index is -0.817. The van der Waals surface area contributed by atoms with Crippen LogP contribution in [0.4, 0.5) is 0 Å². The van der Waals surface area contributed by atoms with E-state index in [1.54, 1.807) is 12.1 Å².